The first kappa shape index (κ1) is 17.4. The minimum absolute atomic E-state index is 0.169. The Kier molecular flexibility index (Phi) is 5.23. The molecule has 0 aliphatic rings. The van der Waals surface area contributed by atoms with Crippen molar-refractivity contribution >= 4 is 45.4 Å². The highest BCUT2D eigenvalue weighted by Crippen LogP contribution is 2.29. The molecule has 4 rings (SSSR count). The van der Waals surface area contributed by atoms with Crippen molar-refractivity contribution in [3.8, 4) is 10.6 Å². The third kappa shape index (κ3) is 4.22. The van der Waals surface area contributed by atoms with Crippen LogP contribution in [0.2, 0.25) is 0 Å². The van der Waals surface area contributed by atoms with Crippen LogP contribution >= 0.6 is 22.7 Å². The third-order valence-electron chi connectivity index (χ3n) is 3.94. The molecule has 0 unspecified atom stereocenters. The molecule has 132 valence electrons. The van der Waals surface area contributed by atoms with Gasteiger partial charge in [-0.25, -0.2) is 4.98 Å². The zero-order chi connectivity index (χ0) is 18.5. The van der Waals surface area contributed by atoms with E-state index in [0.717, 1.165) is 21.7 Å². The molecule has 4 aromatic rings. The Morgan fingerprint density at radius 3 is 2.33 bits per heavy atom. The Labute approximate surface area is 165 Å². The van der Waals surface area contributed by atoms with Gasteiger partial charge in [0, 0.05) is 11.0 Å². The minimum atomic E-state index is -0.169. The first-order valence-corrected chi connectivity index (χ1v) is 10.2. The van der Waals surface area contributed by atoms with Crippen LogP contribution in [0.1, 0.15) is 11.1 Å². The van der Waals surface area contributed by atoms with E-state index in [1.807, 2.05) is 89.6 Å². The Morgan fingerprint density at radius 2 is 1.63 bits per heavy atom. The van der Waals surface area contributed by atoms with Crippen LogP contribution in [0.25, 0.3) is 22.2 Å². The van der Waals surface area contributed by atoms with Crippen LogP contribution in [-0.2, 0) is 4.79 Å². The molecule has 1 N–H and O–H groups in total. The van der Waals surface area contributed by atoms with Crippen LogP contribution < -0.4 is 5.32 Å². The lowest BCUT2D eigenvalue weighted by molar-refractivity contribution is -0.111. The third-order valence-corrected chi connectivity index (χ3v) is 5.59. The number of amides is 1. The molecule has 0 saturated carbocycles. The van der Waals surface area contributed by atoms with Gasteiger partial charge in [0.2, 0.25) is 0 Å². The molecule has 2 heterocycles. The normalized spacial score (nSPS) is 11.3. The lowest BCUT2D eigenvalue weighted by Crippen LogP contribution is -2.13. The number of thiazole rings is 1. The Morgan fingerprint density at radius 1 is 0.889 bits per heavy atom. The Bertz CT molecular complexity index is 1050. The maximum absolute atomic E-state index is 13.0. The molecular formula is C22H16N2OS2. The predicted octanol–water partition coefficient (Wildman–Crippen LogP) is 6.05. The van der Waals surface area contributed by atoms with Crippen molar-refractivity contribution < 1.29 is 4.79 Å². The molecule has 27 heavy (non-hydrogen) atoms. The number of benzene rings is 2. The number of nitrogens with zero attached hydrogens (tertiary/aromatic N) is 1. The molecular weight excluding hydrogens is 372 g/mol. The summed E-state index contributed by atoms with van der Waals surface area (Å²) < 4.78 is 0. The van der Waals surface area contributed by atoms with E-state index in [1.54, 1.807) is 11.3 Å². The van der Waals surface area contributed by atoms with Crippen molar-refractivity contribution in [2.45, 2.75) is 0 Å². The van der Waals surface area contributed by atoms with Crippen LogP contribution in [0.15, 0.2) is 83.6 Å². The molecule has 0 aliphatic carbocycles. The average molecular weight is 389 g/mol. The number of rotatable bonds is 5. The molecule has 5 heteroatoms. The summed E-state index contributed by atoms with van der Waals surface area (Å²) >= 11 is 3.06. The van der Waals surface area contributed by atoms with Gasteiger partial charge < -0.3 is 0 Å². The summed E-state index contributed by atoms with van der Waals surface area (Å²) in [4.78, 5) is 18.6. The average Bonchev–Trinajstić information content (AvgIpc) is 3.39. The number of nitrogens with one attached hydrogen (secondary N) is 1. The van der Waals surface area contributed by atoms with Gasteiger partial charge >= 0.3 is 0 Å². The summed E-state index contributed by atoms with van der Waals surface area (Å²) in [6.45, 7) is 0. The molecule has 1 amide bonds. The number of anilines is 1. The van der Waals surface area contributed by atoms with Gasteiger partial charge in [-0.15, -0.1) is 22.7 Å². The van der Waals surface area contributed by atoms with Gasteiger partial charge in [-0.1, -0.05) is 66.7 Å². The smallest absolute Gasteiger partial charge is 0.258 e. The molecule has 2 aromatic carbocycles. The van der Waals surface area contributed by atoms with E-state index in [4.69, 9.17) is 0 Å². The molecule has 0 aliphatic heterocycles. The minimum Gasteiger partial charge on any atom is -0.298 e. The van der Waals surface area contributed by atoms with Crippen molar-refractivity contribution in [1.82, 2.24) is 4.98 Å². The number of thiophene rings is 1. The summed E-state index contributed by atoms with van der Waals surface area (Å²) in [5, 5.41) is 7.52. The first-order valence-electron chi connectivity index (χ1n) is 8.42. The topological polar surface area (TPSA) is 42.0 Å². The largest absolute Gasteiger partial charge is 0.298 e. The van der Waals surface area contributed by atoms with Crippen LogP contribution in [0, 0.1) is 0 Å². The monoisotopic (exact) mass is 388 g/mol. The van der Waals surface area contributed by atoms with Crippen LogP contribution in [-0.4, -0.2) is 10.9 Å². The van der Waals surface area contributed by atoms with E-state index in [1.165, 1.54) is 11.3 Å². The first-order chi connectivity index (χ1) is 13.3. The highest BCUT2D eigenvalue weighted by molar-refractivity contribution is 7.16. The molecule has 0 spiro atoms. The van der Waals surface area contributed by atoms with Gasteiger partial charge in [-0.3, -0.25) is 10.1 Å². The Balaban J connectivity index is 1.62. The molecule has 2 aromatic heterocycles. The van der Waals surface area contributed by atoms with E-state index in [-0.39, 0.29) is 5.91 Å². The number of carbonyl (C=O) groups is 1. The second-order valence-corrected chi connectivity index (χ2v) is 7.61. The van der Waals surface area contributed by atoms with E-state index in [9.17, 15) is 4.79 Å². The van der Waals surface area contributed by atoms with Gasteiger partial charge in [-0.2, -0.15) is 0 Å². The van der Waals surface area contributed by atoms with Crippen LogP contribution in [0.3, 0.4) is 0 Å². The maximum Gasteiger partial charge on any atom is 0.258 e. The standard InChI is InChI=1S/C22H16N2OS2/c25-21(24-22-23-19(15-27-22)20-12-7-13-26-20)18(17-10-5-2-6-11-17)14-16-8-3-1-4-9-16/h1-15H,(H,23,24,25)/b18-14-. The molecule has 3 nitrogen and oxygen atoms in total. The van der Waals surface area contributed by atoms with Crippen LogP contribution in [0.4, 0.5) is 5.13 Å². The Hall–Kier alpha value is -3.02. The summed E-state index contributed by atoms with van der Waals surface area (Å²) in [6.07, 6.45) is 1.90. The number of hydrogen-bond acceptors (Lipinski definition) is 4. The van der Waals surface area contributed by atoms with E-state index in [2.05, 4.69) is 10.3 Å². The predicted molar refractivity (Wildman–Crippen MR) is 115 cm³/mol. The fraction of sp³-hybridized carbons (Fsp3) is 0. The SMILES string of the molecule is O=C(Nc1nc(-c2cccs2)cs1)/C(=C\c1ccccc1)c1ccccc1. The van der Waals surface area contributed by atoms with E-state index < -0.39 is 0 Å². The number of hydrogen-bond donors (Lipinski definition) is 1. The van der Waals surface area contributed by atoms with Gasteiger partial charge in [0.1, 0.15) is 0 Å². The molecule has 0 radical (unpaired) electrons. The fourth-order valence-corrected chi connectivity index (χ4v) is 4.11. The summed E-state index contributed by atoms with van der Waals surface area (Å²) in [6, 6.07) is 23.5. The van der Waals surface area contributed by atoms with Gasteiger partial charge in [0.05, 0.1) is 10.6 Å². The van der Waals surface area contributed by atoms with Crippen molar-refractivity contribution in [2.24, 2.45) is 0 Å². The molecule has 0 fully saturated rings. The number of carbonyl (C=O) groups excluding carboxylic acids is 1. The van der Waals surface area contributed by atoms with Crippen molar-refractivity contribution in [1.29, 1.82) is 0 Å². The lowest BCUT2D eigenvalue weighted by Gasteiger charge is -2.08. The molecule has 0 saturated heterocycles. The highest BCUT2D eigenvalue weighted by atomic mass is 32.1. The molecule has 0 atom stereocenters. The van der Waals surface area contributed by atoms with E-state index >= 15 is 0 Å². The van der Waals surface area contributed by atoms with Crippen molar-refractivity contribution in [3.05, 3.63) is 94.7 Å². The second kappa shape index (κ2) is 8.12. The zero-order valence-electron chi connectivity index (χ0n) is 14.3. The maximum atomic E-state index is 13.0. The van der Waals surface area contributed by atoms with Gasteiger partial charge in [-0.05, 0) is 28.6 Å². The highest BCUT2D eigenvalue weighted by Gasteiger charge is 2.15. The second-order valence-electron chi connectivity index (χ2n) is 5.80. The van der Waals surface area contributed by atoms with Crippen molar-refractivity contribution in [3.63, 3.8) is 0 Å². The fourth-order valence-electron chi connectivity index (χ4n) is 2.65. The summed E-state index contributed by atoms with van der Waals surface area (Å²) in [5.41, 5.74) is 3.34. The number of aromatic nitrogens is 1. The van der Waals surface area contributed by atoms with Gasteiger partial charge in [0.15, 0.2) is 5.13 Å². The summed E-state index contributed by atoms with van der Waals surface area (Å²) in [7, 11) is 0. The molecule has 0 bridgehead atoms. The lowest BCUT2D eigenvalue weighted by atomic mass is 10.0. The summed E-state index contributed by atoms with van der Waals surface area (Å²) in [5.74, 6) is -0.169. The van der Waals surface area contributed by atoms with Gasteiger partial charge in [0.25, 0.3) is 5.91 Å². The van der Waals surface area contributed by atoms with E-state index in [0.29, 0.717) is 10.7 Å². The van der Waals surface area contributed by atoms with Crippen molar-refractivity contribution in [2.75, 3.05) is 5.32 Å². The quantitative estimate of drug-likeness (QED) is 0.334. The van der Waals surface area contributed by atoms with Crippen LogP contribution in [0.5, 0.6) is 0 Å². The zero-order valence-corrected chi connectivity index (χ0v) is 16.0.